The van der Waals surface area contributed by atoms with E-state index in [1.54, 1.807) is 53.8 Å². The lowest BCUT2D eigenvalue weighted by Gasteiger charge is -2.34. The Kier molecular flexibility index (Phi) is 5.67. The molecule has 1 amide bonds. The van der Waals surface area contributed by atoms with Crippen molar-refractivity contribution in [1.29, 1.82) is 0 Å². The summed E-state index contributed by atoms with van der Waals surface area (Å²) in [6.45, 7) is 1.01. The van der Waals surface area contributed by atoms with Gasteiger partial charge in [0.25, 0.3) is 5.91 Å². The Hall–Kier alpha value is -3.06. The lowest BCUT2D eigenvalue weighted by Crippen LogP contribution is -2.45. The van der Waals surface area contributed by atoms with Gasteiger partial charge in [-0.05, 0) is 37.1 Å². The van der Waals surface area contributed by atoms with Gasteiger partial charge < -0.3 is 10.2 Å². The average Bonchev–Trinajstić information content (AvgIpc) is 2.75. The SMILES string of the molecule is O=C(c1c(F)cccc1-c1ncccn1)N1CCCC(Nc2ccc(Cl)cn2)C1. The van der Waals surface area contributed by atoms with Crippen LogP contribution in [0.4, 0.5) is 10.2 Å². The third kappa shape index (κ3) is 4.35. The smallest absolute Gasteiger partial charge is 0.257 e. The number of amides is 1. The zero-order valence-corrected chi connectivity index (χ0v) is 16.3. The minimum atomic E-state index is -0.575. The molecule has 148 valence electrons. The molecule has 0 radical (unpaired) electrons. The van der Waals surface area contributed by atoms with Crippen LogP contribution in [0.3, 0.4) is 0 Å². The van der Waals surface area contributed by atoms with Gasteiger partial charge in [0.2, 0.25) is 0 Å². The van der Waals surface area contributed by atoms with E-state index >= 15 is 0 Å². The van der Waals surface area contributed by atoms with Gasteiger partial charge in [0.1, 0.15) is 11.6 Å². The van der Waals surface area contributed by atoms with Gasteiger partial charge in [-0.25, -0.2) is 19.3 Å². The molecular formula is C21H19ClFN5O. The Bertz CT molecular complexity index is 1000. The average molecular weight is 412 g/mol. The van der Waals surface area contributed by atoms with Crippen molar-refractivity contribution in [3.63, 3.8) is 0 Å². The summed E-state index contributed by atoms with van der Waals surface area (Å²) in [6, 6.07) is 9.77. The Morgan fingerprint density at radius 3 is 2.72 bits per heavy atom. The molecule has 0 saturated carbocycles. The molecule has 1 N–H and O–H groups in total. The molecule has 6 nitrogen and oxygen atoms in total. The highest BCUT2D eigenvalue weighted by atomic mass is 35.5. The van der Waals surface area contributed by atoms with E-state index in [1.807, 2.05) is 0 Å². The Labute approximate surface area is 172 Å². The van der Waals surface area contributed by atoms with Crippen LogP contribution in [-0.2, 0) is 0 Å². The van der Waals surface area contributed by atoms with E-state index in [9.17, 15) is 9.18 Å². The van der Waals surface area contributed by atoms with E-state index < -0.39 is 5.82 Å². The molecule has 1 aliphatic heterocycles. The molecule has 3 heterocycles. The van der Waals surface area contributed by atoms with E-state index in [0.29, 0.717) is 35.3 Å². The molecule has 3 aromatic rings. The highest BCUT2D eigenvalue weighted by Crippen LogP contribution is 2.26. The summed E-state index contributed by atoms with van der Waals surface area (Å²) in [7, 11) is 0. The number of hydrogen-bond acceptors (Lipinski definition) is 5. The molecule has 29 heavy (non-hydrogen) atoms. The predicted octanol–water partition coefficient (Wildman–Crippen LogP) is 4.05. The number of hydrogen-bond donors (Lipinski definition) is 1. The number of anilines is 1. The molecule has 4 rings (SSSR count). The molecule has 2 aromatic heterocycles. The lowest BCUT2D eigenvalue weighted by atomic mass is 10.0. The monoisotopic (exact) mass is 411 g/mol. The summed E-state index contributed by atoms with van der Waals surface area (Å²) in [5.74, 6) is 0.0842. The molecule has 1 fully saturated rings. The van der Waals surface area contributed by atoms with Crippen molar-refractivity contribution in [1.82, 2.24) is 19.9 Å². The molecule has 1 unspecified atom stereocenters. The fourth-order valence-corrected chi connectivity index (χ4v) is 3.59. The number of piperidine rings is 1. The largest absolute Gasteiger partial charge is 0.366 e. The Balaban J connectivity index is 1.56. The summed E-state index contributed by atoms with van der Waals surface area (Å²) in [4.78, 5) is 27.5. The van der Waals surface area contributed by atoms with Gasteiger partial charge in [0, 0.05) is 43.3 Å². The number of halogens is 2. The van der Waals surface area contributed by atoms with E-state index in [-0.39, 0.29) is 17.5 Å². The van der Waals surface area contributed by atoms with Crippen LogP contribution < -0.4 is 5.32 Å². The number of aromatic nitrogens is 3. The van der Waals surface area contributed by atoms with Crippen LogP contribution >= 0.6 is 11.6 Å². The summed E-state index contributed by atoms with van der Waals surface area (Å²) in [6.07, 6.45) is 6.41. The van der Waals surface area contributed by atoms with E-state index in [1.165, 1.54) is 6.07 Å². The van der Waals surface area contributed by atoms with Crippen LogP contribution in [0.25, 0.3) is 11.4 Å². The van der Waals surface area contributed by atoms with Gasteiger partial charge >= 0.3 is 0 Å². The predicted molar refractivity (Wildman–Crippen MR) is 109 cm³/mol. The lowest BCUT2D eigenvalue weighted by molar-refractivity contribution is 0.0710. The van der Waals surface area contributed by atoms with Crippen molar-refractivity contribution < 1.29 is 9.18 Å². The number of pyridine rings is 1. The highest BCUT2D eigenvalue weighted by molar-refractivity contribution is 6.30. The minimum absolute atomic E-state index is 0.00367. The first-order chi connectivity index (χ1) is 14.1. The maximum absolute atomic E-state index is 14.7. The van der Waals surface area contributed by atoms with Crippen LogP contribution in [0.1, 0.15) is 23.2 Å². The van der Waals surface area contributed by atoms with E-state index in [2.05, 4.69) is 20.3 Å². The van der Waals surface area contributed by atoms with Crippen molar-refractivity contribution in [2.24, 2.45) is 0 Å². The summed E-state index contributed by atoms with van der Waals surface area (Å²) < 4.78 is 14.7. The molecule has 1 aliphatic rings. The number of rotatable bonds is 4. The normalized spacial score (nSPS) is 16.5. The van der Waals surface area contributed by atoms with E-state index in [4.69, 9.17) is 11.6 Å². The molecule has 0 spiro atoms. The molecular weight excluding hydrogens is 393 g/mol. The van der Waals surface area contributed by atoms with Gasteiger partial charge in [0.15, 0.2) is 5.82 Å². The van der Waals surface area contributed by atoms with Gasteiger partial charge in [-0.15, -0.1) is 0 Å². The quantitative estimate of drug-likeness (QED) is 0.701. The zero-order chi connectivity index (χ0) is 20.2. The van der Waals surface area contributed by atoms with Crippen LogP contribution in [0.2, 0.25) is 5.02 Å². The Morgan fingerprint density at radius 2 is 1.97 bits per heavy atom. The number of carbonyl (C=O) groups is 1. The maximum Gasteiger partial charge on any atom is 0.257 e. The highest BCUT2D eigenvalue weighted by Gasteiger charge is 2.28. The van der Waals surface area contributed by atoms with Crippen LogP contribution in [0, 0.1) is 5.82 Å². The first-order valence-corrected chi connectivity index (χ1v) is 9.73. The molecule has 1 atom stereocenters. The topological polar surface area (TPSA) is 71.0 Å². The molecule has 0 bridgehead atoms. The fourth-order valence-electron chi connectivity index (χ4n) is 3.47. The van der Waals surface area contributed by atoms with Gasteiger partial charge in [-0.3, -0.25) is 4.79 Å². The first-order valence-electron chi connectivity index (χ1n) is 9.35. The van der Waals surface area contributed by atoms with Gasteiger partial charge in [0.05, 0.1) is 10.6 Å². The Morgan fingerprint density at radius 1 is 1.14 bits per heavy atom. The first kappa shape index (κ1) is 19.3. The molecule has 8 heteroatoms. The van der Waals surface area contributed by atoms with Crippen molar-refractivity contribution in [2.75, 3.05) is 18.4 Å². The molecule has 1 aromatic carbocycles. The second kappa shape index (κ2) is 8.53. The molecule has 0 aliphatic carbocycles. The van der Waals surface area contributed by atoms with Crippen LogP contribution in [0.5, 0.6) is 0 Å². The summed E-state index contributed by atoms with van der Waals surface area (Å²) >= 11 is 5.88. The summed E-state index contributed by atoms with van der Waals surface area (Å²) in [5.41, 5.74) is 0.397. The van der Waals surface area contributed by atoms with Crippen molar-refractivity contribution in [2.45, 2.75) is 18.9 Å². The second-order valence-electron chi connectivity index (χ2n) is 6.83. The van der Waals surface area contributed by atoms with Gasteiger partial charge in [-0.1, -0.05) is 23.7 Å². The number of nitrogens with zero attached hydrogens (tertiary/aromatic N) is 4. The van der Waals surface area contributed by atoms with Gasteiger partial charge in [-0.2, -0.15) is 0 Å². The minimum Gasteiger partial charge on any atom is -0.366 e. The number of carbonyl (C=O) groups excluding carboxylic acids is 1. The van der Waals surface area contributed by atoms with Crippen molar-refractivity contribution in [3.05, 3.63) is 71.4 Å². The van der Waals surface area contributed by atoms with Crippen molar-refractivity contribution in [3.8, 4) is 11.4 Å². The standard InChI is InChI=1S/C21H19ClFN5O/c22-14-7-8-18(26-12-14)27-15-4-2-11-28(13-15)21(29)19-16(5-1-6-17(19)23)20-24-9-3-10-25-20/h1,3,5-10,12,15H,2,4,11,13H2,(H,26,27). The van der Waals surface area contributed by atoms with Crippen molar-refractivity contribution >= 4 is 23.3 Å². The third-order valence-electron chi connectivity index (χ3n) is 4.82. The van der Waals surface area contributed by atoms with Crippen LogP contribution in [0.15, 0.2) is 55.0 Å². The number of nitrogens with one attached hydrogen (secondary N) is 1. The number of benzene rings is 1. The number of likely N-dealkylation sites (tertiary alicyclic amines) is 1. The third-order valence-corrected chi connectivity index (χ3v) is 5.05. The maximum atomic E-state index is 14.7. The molecule has 1 saturated heterocycles. The second-order valence-corrected chi connectivity index (χ2v) is 7.27. The fraction of sp³-hybridized carbons (Fsp3) is 0.238. The van der Waals surface area contributed by atoms with Crippen LogP contribution in [-0.4, -0.2) is 44.9 Å². The summed E-state index contributed by atoms with van der Waals surface area (Å²) in [5, 5.41) is 3.88. The zero-order valence-electron chi connectivity index (χ0n) is 15.6. The van der Waals surface area contributed by atoms with E-state index in [0.717, 1.165) is 12.8 Å².